The lowest BCUT2D eigenvalue weighted by Crippen LogP contribution is -2.09. The minimum absolute atomic E-state index is 0.388. The molecule has 9 heteroatoms. The van der Waals surface area contributed by atoms with Gasteiger partial charge in [-0.1, -0.05) is 27.7 Å². The monoisotopic (exact) mass is 462 g/mol. The van der Waals surface area contributed by atoms with Gasteiger partial charge in [-0.25, -0.2) is 18.4 Å². The first-order valence-electron chi connectivity index (χ1n) is 9.56. The second kappa shape index (κ2) is 8.87. The van der Waals surface area contributed by atoms with Crippen molar-refractivity contribution in [3.8, 4) is 0 Å². The van der Waals surface area contributed by atoms with Gasteiger partial charge < -0.3 is 5.73 Å². The van der Waals surface area contributed by atoms with E-state index in [1.165, 1.54) is 9.71 Å². The maximum Gasteiger partial charge on any atom is 0.229 e. The van der Waals surface area contributed by atoms with Crippen molar-refractivity contribution in [2.75, 3.05) is 16.7 Å². The van der Waals surface area contributed by atoms with E-state index in [2.05, 4.69) is 42.4 Å². The second-order valence-electron chi connectivity index (χ2n) is 7.70. The summed E-state index contributed by atoms with van der Waals surface area (Å²) >= 11 is 3.33. The lowest BCUT2D eigenvalue weighted by molar-refractivity contribution is 0.607. The van der Waals surface area contributed by atoms with E-state index in [-0.39, 0.29) is 0 Å². The molecule has 0 saturated carbocycles. The van der Waals surface area contributed by atoms with Crippen LogP contribution in [-0.2, 0) is 10.0 Å². The molecule has 30 heavy (non-hydrogen) atoms. The molecule has 0 unspecified atom stereocenters. The molecule has 2 aromatic heterocycles. The number of benzene rings is 2. The van der Waals surface area contributed by atoms with Crippen LogP contribution in [0.2, 0.25) is 0 Å². The Morgan fingerprint density at radius 3 is 1.87 bits per heavy atom. The maximum atomic E-state index is 11.1. The first-order valence-corrected chi connectivity index (χ1v) is 13.1. The number of nitrogens with zero attached hydrogens (tertiary/aromatic N) is 2. The molecule has 3 N–H and O–H groups in total. The summed E-state index contributed by atoms with van der Waals surface area (Å²) in [4.78, 5) is 9.01. The molecule has 4 rings (SSSR count). The molecule has 0 aliphatic carbocycles. The minimum Gasteiger partial charge on any atom is -0.399 e. The van der Waals surface area contributed by atoms with Crippen molar-refractivity contribution in [2.45, 2.75) is 39.5 Å². The van der Waals surface area contributed by atoms with Gasteiger partial charge in [0.05, 0.1) is 42.4 Å². The molecule has 4 aromatic rings. The van der Waals surface area contributed by atoms with Crippen LogP contribution >= 0.6 is 22.7 Å². The van der Waals surface area contributed by atoms with Crippen LogP contribution in [0.5, 0.6) is 0 Å². The summed E-state index contributed by atoms with van der Waals surface area (Å²) in [5.41, 5.74) is 9.05. The lowest BCUT2D eigenvalue weighted by atomic mass is 10.2. The van der Waals surface area contributed by atoms with Crippen LogP contribution in [0.4, 0.5) is 11.4 Å². The Kier molecular flexibility index (Phi) is 6.64. The second-order valence-corrected chi connectivity index (χ2v) is 11.6. The van der Waals surface area contributed by atoms with Crippen molar-refractivity contribution in [3.63, 3.8) is 0 Å². The number of nitrogens with one attached hydrogen (secondary N) is 1. The van der Waals surface area contributed by atoms with Crippen LogP contribution in [0.3, 0.4) is 0 Å². The first kappa shape index (κ1) is 22.5. The zero-order valence-electron chi connectivity index (χ0n) is 17.6. The number of aromatic nitrogens is 2. The average Bonchev–Trinajstić information content (AvgIpc) is 3.24. The molecule has 2 aromatic carbocycles. The molecular formula is C21H26N4O2S3. The van der Waals surface area contributed by atoms with Gasteiger partial charge >= 0.3 is 0 Å². The third kappa shape index (κ3) is 5.68. The highest BCUT2D eigenvalue weighted by molar-refractivity contribution is 7.92. The summed E-state index contributed by atoms with van der Waals surface area (Å²) in [5.74, 6) is 0.886. The molecule has 0 atom stereocenters. The van der Waals surface area contributed by atoms with E-state index in [4.69, 9.17) is 5.73 Å². The fraction of sp³-hybridized carbons (Fsp3) is 0.333. The van der Waals surface area contributed by atoms with Crippen LogP contribution in [0, 0.1) is 0 Å². The van der Waals surface area contributed by atoms with Crippen LogP contribution in [0.15, 0.2) is 36.4 Å². The quantitative estimate of drug-likeness (QED) is 0.374. The molecule has 0 amide bonds. The molecule has 0 aliphatic heterocycles. The highest BCUT2D eigenvalue weighted by Crippen LogP contribution is 2.30. The fourth-order valence-corrected chi connectivity index (χ4v) is 5.26. The van der Waals surface area contributed by atoms with Crippen molar-refractivity contribution in [1.29, 1.82) is 0 Å². The highest BCUT2D eigenvalue weighted by Gasteiger charge is 2.09. The van der Waals surface area contributed by atoms with Crippen LogP contribution in [0.1, 0.15) is 49.5 Å². The maximum absolute atomic E-state index is 11.1. The Balaban J connectivity index is 0.000000177. The van der Waals surface area contributed by atoms with E-state index in [1.807, 2.05) is 30.3 Å². The summed E-state index contributed by atoms with van der Waals surface area (Å²) < 4.78 is 26.9. The Morgan fingerprint density at radius 1 is 0.867 bits per heavy atom. The number of sulfonamides is 1. The van der Waals surface area contributed by atoms with Crippen molar-refractivity contribution in [1.82, 2.24) is 9.97 Å². The Morgan fingerprint density at radius 2 is 1.37 bits per heavy atom. The van der Waals surface area contributed by atoms with Crippen LogP contribution in [-0.4, -0.2) is 24.6 Å². The topological polar surface area (TPSA) is 98.0 Å². The number of hydrogen-bond donors (Lipinski definition) is 2. The fourth-order valence-electron chi connectivity index (χ4n) is 2.67. The predicted molar refractivity (Wildman–Crippen MR) is 130 cm³/mol. The molecule has 6 nitrogen and oxygen atoms in total. The van der Waals surface area contributed by atoms with E-state index in [1.54, 1.807) is 28.7 Å². The number of thiazole rings is 2. The Hall–Kier alpha value is -2.23. The number of hydrogen-bond acceptors (Lipinski definition) is 7. The van der Waals surface area contributed by atoms with Crippen LogP contribution < -0.4 is 10.5 Å². The standard InChI is InChI=1S/C11H14N2O2S2.C10H12N2S/c1-7(2)11-12-9-5-4-8(6-10(9)16-11)13-17(3,14)15;1-6(2)10-12-8-4-3-7(11)5-9(8)13-10/h4-7,13H,1-3H3;3-6H,11H2,1-2H3. The third-order valence-corrected chi connectivity index (χ3v) is 7.37. The summed E-state index contributed by atoms with van der Waals surface area (Å²) in [6.07, 6.45) is 1.14. The third-order valence-electron chi connectivity index (χ3n) is 4.13. The lowest BCUT2D eigenvalue weighted by Gasteiger charge is -2.02. The van der Waals surface area contributed by atoms with E-state index in [0.29, 0.717) is 17.5 Å². The van der Waals surface area contributed by atoms with E-state index < -0.39 is 10.0 Å². The Labute approximate surface area is 185 Å². The number of anilines is 2. The SMILES string of the molecule is CC(C)c1nc2ccc(N)cc2s1.CC(C)c1nc2ccc(NS(C)(=O)=O)cc2s1. The van der Waals surface area contributed by atoms with Gasteiger partial charge in [0.2, 0.25) is 10.0 Å². The Bertz CT molecular complexity index is 1270. The molecular weight excluding hydrogens is 436 g/mol. The average molecular weight is 463 g/mol. The van der Waals surface area contributed by atoms with Gasteiger partial charge in [-0.3, -0.25) is 4.72 Å². The van der Waals surface area contributed by atoms with E-state index in [0.717, 1.165) is 32.7 Å². The van der Waals surface area contributed by atoms with Crippen molar-refractivity contribution in [2.24, 2.45) is 0 Å². The smallest absolute Gasteiger partial charge is 0.229 e. The van der Waals surface area contributed by atoms with Gasteiger partial charge in [0.15, 0.2) is 0 Å². The van der Waals surface area contributed by atoms with Gasteiger partial charge in [-0.05, 0) is 36.4 Å². The molecule has 0 saturated heterocycles. The van der Waals surface area contributed by atoms with Gasteiger partial charge in [-0.2, -0.15) is 0 Å². The molecule has 0 bridgehead atoms. The normalized spacial score (nSPS) is 11.8. The van der Waals surface area contributed by atoms with Gasteiger partial charge in [0.1, 0.15) is 0 Å². The van der Waals surface area contributed by atoms with Gasteiger partial charge in [0.25, 0.3) is 0 Å². The molecule has 0 spiro atoms. The van der Waals surface area contributed by atoms with Crippen molar-refractivity contribution in [3.05, 3.63) is 46.4 Å². The number of nitrogens with two attached hydrogens (primary N) is 1. The highest BCUT2D eigenvalue weighted by atomic mass is 32.2. The van der Waals surface area contributed by atoms with E-state index >= 15 is 0 Å². The number of fused-ring (bicyclic) bond motifs is 2. The number of nitrogen functional groups attached to an aromatic ring is 1. The molecule has 160 valence electrons. The van der Waals surface area contributed by atoms with Crippen molar-refractivity contribution < 1.29 is 8.42 Å². The van der Waals surface area contributed by atoms with Gasteiger partial charge in [-0.15, -0.1) is 22.7 Å². The number of rotatable bonds is 4. The predicted octanol–water partition coefficient (Wildman–Crippen LogP) is 5.79. The largest absolute Gasteiger partial charge is 0.399 e. The summed E-state index contributed by atoms with van der Waals surface area (Å²) in [6.45, 7) is 8.49. The van der Waals surface area contributed by atoms with Crippen LogP contribution in [0.25, 0.3) is 20.4 Å². The van der Waals surface area contributed by atoms with E-state index in [9.17, 15) is 8.42 Å². The van der Waals surface area contributed by atoms with Crippen molar-refractivity contribution >= 4 is 64.5 Å². The molecule has 2 heterocycles. The molecule has 0 radical (unpaired) electrons. The zero-order chi connectivity index (χ0) is 22.1. The summed E-state index contributed by atoms with van der Waals surface area (Å²) in [5, 5.41) is 2.25. The minimum atomic E-state index is -3.22. The summed E-state index contributed by atoms with van der Waals surface area (Å²) in [6, 6.07) is 11.2. The first-order chi connectivity index (χ1) is 14.0. The molecule has 0 aliphatic rings. The summed E-state index contributed by atoms with van der Waals surface area (Å²) in [7, 11) is -3.22. The molecule has 0 fully saturated rings. The zero-order valence-corrected chi connectivity index (χ0v) is 20.1. The van der Waals surface area contributed by atoms with Gasteiger partial charge in [0, 0.05) is 17.5 Å².